The van der Waals surface area contributed by atoms with E-state index < -0.39 is 0 Å². The van der Waals surface area contributed by atoms with Crippen LogP contribution >= 0.6 is 12.4 Å². The monoisotopic (exact) mass is 252 g/mol. The number of benzene rings is 1. The minimum Gasteiger partial charge on any atom is -0.315 e. The highest BCUT2D eigenvalue weighted by molar-refractivity contribution is 5.85. The van der Waals surface area contributed by atoms with Gasteiger partial charge in [-0.3, -0.25) is 4.90 Å². The van der Waals surface area contributed by atoms with E-state index in [1.165, 1.54) is 12.0 Å². The lowest BCUT2D eigenvalue weighted by atomic mass is 10.2. The van der Waals surface area contributed by atoms with Gasteiger partial charge in [0, 0.05) is 19.1 Å². The minimum absolute atomic E-state index is 0. The summed E-state index contributed by atoms with van der Waals surface area (Å²) >= 11 is 0. The molecule has 0 spiro atoms. The van der Waals surface area contributed by atoms with Crippen LogP contribution in [0.15, 0.2) is 36.4 Å². The van der Waals surface area contributed by atoms with Crippen LogP contribution in [-0.4, -0.2) is 37.6 Å². The molecule has 0 bridgehead atoms. The van der Waals surface area contributed by atoms with Gasteiger partial charge in [0.05, 0.1) is 0 Å². The molecule has 2 nitrogen and oxygen atoms in total. The molecule has 3 heteroatoms. The Hall–Kier alpha value is -0.830. The van der Waals surface area contributed by atoms with E-state index in [0.717, 1.165) is 19.6 Å². The Kier molecular flexibility index (Phi) is 6.27. The molecule has 17 heavy (non-hydrogen) atoms. The van der Waals surface area contributed by atoms with E-state index in [4.69, 9.17) is 0 Å². The molecule has 2 rings (SSSR count). The number of nitrogens with one attached hydrogen (secondary N) is 1. The van der Waals surface area contributed by atoms with Gasteiger partial charge in [0.25, 0.3) is 0 Å². The Bertz CT molecular complexity index is 331. The van der Waals surface area contributed by atoms with Crippen molar-refractivity contribution in [1.82, 2.24) is 10.2 Å². The van der Waals surface area contributed by atoms with Gasteiger partial charge in [-0.2, -0.15) is 0 Å². The minimum atomic E-state index is 0. The number of hydrogen-bond donors (Lipinski definition) is 1. The fourth-order valence-corrected chi connectivity index (χ4v) is 2.08. The highest BCUT2D eigenvalue weighted by Gasteiger charge is 2.17. The van der Waals surface area contributed by atoms with E-state index in [9.17, 15) is 0 Å². The van der Waals surface area contributed by atoms with E-state index in [-0.39, 0.29) is 12.4 Å². The molecular weight excluding hydrogens is 232 g/mol. The zero-order chi connectivity index (χ0) is 11.2. The molecule has 1 aromatic rings. The number of rotatable bonds is 4. The number of likely N-dealkylation sites (N-methyl/N-ethyl adjacent to an activating group) is 1. The number of hydrogen-bond acceptors (Lipinski definition) is 2. The molecule has 94 valence electrons. The second-order valence-electron chi connectivity index (χ2n) is 4.40. The third-order valence-electron chi connectivity index (χ3n) is 3.16. The quantitative estimate of drug-likeness (QED) is 0.886. The SMILES string of the molecule is CN(C/C=C/c1ccccc1)C1CCNC1.Cl. The van der Waals surface area contributed by atoms with Gasteiger partial charge in [-0.1, -0.05) is 42.5 Å². The molecule has 1 atom stereocenters. The molecule has 1 unspecified atom stereocenters. The van der Waals surface area contributed by atoms with Gasteiger partial charge in [-0.15, -0.1) is 12.4 Å². The van der Waals surface area contributed by atoms with Crippen molar-refractivity contribution < 1.29 is 0 Å². The van der Waals surface area contributed by atoms with Crippen LogP contribution in [0, 0.1) is 0 Å². The van der Waals surface area contributed by atoms with Crippen molar-refractivity contribution in [3.05, 3.63) is 42.0 Å². The van der Waals surface area contributed by atoms with Crippen LogP contribution in [0.25, 0.3) is 6.08 Å². The third-order valence-corrected chi connectivity index (χ3v) is 3.16. The highest BCUT2D eigenvalue weighted by Crippen LogP contribution is 2.06. The molecule has 1 aliphatic rings. The van der Waals surface area contributed by atoms with Crippen molar-refractivity contribution in [3.8, 4) is 0 Å². The maximum absolute atomic E-state index is 3.40. The predicted octanol–water partition coefficient (Wildman–Crippen LogP) is 2.42. The standard InChI is InChI=1S/C14H20N2.ClH/c1-16(14-9-10-15-12-14)11-5-8-13-6-3-2-4-7-13;/h2-8,14-15H,9-12H2,1H3;1H/b8-5+;. The van der Waals surface area contributed by atoms with Crippen molar-refractivity contribution in [1.29, 1.82) is 0 Å². The summed E-state index contributed by atoms with van der Waals surface area (Å²) in [5.74, 6) is 0. The molecule has 1 N–H and O–H groups in total. The molecule has 1 aliphatic heterocycles. The smallest absolute Gasteiger partial charge is 0.0232 e. The van der Waals surface area contributed by atoms with Crippen LogP contribution in [0.2, 0.25) is 0 Å². The van der Waals surface area contributed by atoms with E-state index in [2.05, 4.69) is 53.7 Å². The molecule has 0 aliphatic carbocycles. The highest BCUT2D eigenvalue weighted by atomic mass is 35.5. The average molecular weight is 253 g/mol. The Morgan fingerprint density at radius 2 is 2.12 bits per heavy atom. The summed E-state index contributed by atoms with van der Waals surface area (Å²) in [4.78, 5) is 2.42. The fraction of sp³-hybridized carbons (Fsp3) is 0.429. The maximum atomic E-state index is 3.40. The van der Waals surface area contributed by atoms with Gasteiger partial charge in [0.2, 0.25) is 0 Å². The van der Waals surface area contributed by atoms with Gasteiger partial charge in [-0.05, 0) is 25.6 Å². The van der Waals surface area contributed by atoms with Crippen molar-refractivity contribution in [3.63, 3.8) is 0 Å². The summed E-state index contributed by atoms with van der Waals surface area (Å²) in [5.41, 5.74) is 1.28. The topological polar surface area (TPSA) is 15.3 Å². The summed E-state index contributed by atoms with van der Waals surface area (Å²) in [6.07, 6.45) is 5.71. The number of nitrogens with zero attached hydrogens (tertiary/aromatic N) is 1. The van der Waals surface area contributed by atoms with Crippen molar-refractivity contribution in [2.75, 3.05) is 26.7 Å². The maximum Gasteiger partial charge on any atom is 0.0232 e. The van der Waals surface area contributed by atoms with E-state index in [0.29, 0.717) is 6.04 Å². The fourth-order valence-electron chi connectivity index (χ4n) is 2.08. The summed E-state index contributed by atoms with van der Waals surface area (Å²) in [6.45, 7) is 3.33. The zero-order valence-corrected chi connectivity index (χ0v) is 11.1. The first-order valence-corrected chi connectivity index (χ1v) is 5.99. The number of halogens is 1. The Balaban J connectivity index is 0.00000144. The van der Waals surface area contributed by atoms with E-state index in [1.54, 1.807) is 0 Å². The van der Waals surface area contributed by atoms with Crippen LogP contribution in [0.1, 0.15) is 12.0 Å². The second kappa shape index (κ2) is 7.49. The molecule has 1 saturated heterocycles. The molecule has 0 amide bonds. The molecular formula is C14H21ClN2. The zero-order valence-electron chi connectivity index (χ0n) is 10.3. The predicted molar refractivity (Wildman–Crippen MR) is 76.6 cm³/mol. The molecule has 0 saturated carbocycles. The first-order valence-electron chi connectivity index (χ1n) is 5.99. The van der Waals surface area contributed by atoms with Crippen LogP contribution < -0.4 is 5.32 Å². The third kappa shape index (κ3) is 4.50. The van der Waals surface area contributed by atoms with Crippen molar-refractivity contribution >= 4 is 18.5 Å². The average Bonchev–Trinajstić information content (AvgIpc) is 2.84. The summed E-state index contributed by atoms with van der Waals surface area (Å²) in [7, 11) is 2.20. The van der Waals surface area contributed by atoms with Crippen LogP contribution in [0.3, 0.4) is 0 Å². The van der Waals surface area contributed by atoms with Gasteiger partial charge in [0.15, 0.2) is 0 Å². The molecule has 1 aromatic carbocycles. The van der Waals surface area contributed by atoms with Crippen LogP contribution in [-0.2, 0) is 0 Å². The molecule has 0 aromatic heterocycles. The van der Waals surface area contributed by atoms with Gasteiger partial charge >= 0.3 is 0 Å². The first-order chi connectivity index (χ1) is 7.86. The van der Waals surface area contributed by atoms with Crippen molar-refractivity contribution in [2.24, 2.45) is 0 Å². The Morgan fingerprint density at radius 3 is 2.76 bits per heavy atom. The lowest BCUT2D eigenvalue weighted by molar-refractivity contribution is 0.284. The van der Waals surface area contributed by atoms with Gasteiger partial charge < -0.3 is 5.32 Å². The van der Waals surface area contributed by atoms with Gasteiger partial charge in [-0.25, -0.2) is 0 Å². The Labute approximate surface area is 110 Å². The summed E-state index contributed by atoms with van der Waals surface area (Å²) < 4.78 is 0. The van der Waals surface area contributed by atoms with Gasteiger partial charge in [0.1, 0.15) is 0 Å². The summed E-state index contributed by atoms with van der Waals surface area (Å²) in [6, 6.07) is 11.2. The summed E-state index contributed by atoms with van der Waals surface area (Å²) in [5, 5.41) is 3.40. The largest absolute Gasteiger partial charge is 0.315 e. The second-order valence-corrected chi connectivity index (χ2v) is 4.40. The first kappa shape index (κ1) is 14.2. The van der Waals surface area contributed by atoms with E-state index in [1.807, 2.05) is 6.07 Å². The molecule has 0 radical (unpaired) electrons. The normalized spacial score (nSPS) is 19.8. The van der Waals surface area contributed by atoms with E-state index >= 15 is 0 Å². The Morgan fingerprint density at radius 1 is 1.35 bits per heavy atom. The van der Waals surface area contributed by atoms with Crippen LogP contribution in [0.4, 0.5) is 0 Å². The van der Waals surface area contributed by atoms with Crippen LogP contribution in [0.5, 0.6) is 0 Å². The van der Waals surface area contributed by atoms with Crippen molar-refractivity contribution in [2.45, 2.75) is 12.5 Å². The molecule has 1 fully saturated rings. The lowest BCUT2D eigenvalue weighted by Gasteiger charge is -2.21. The molecule has 1 heterocycles. The lowest BCUT2D eigenvalue weighted by Crippen LogP contribution is -2.33.